The molecule has 3 aromatic carbocycles. The Labute approximate surface area is 152 Å². The van der Waals surface area contributed by atoms with Crippen LogP contribution in [0.2, 0.25) is 5.02 Å². The van der Waals surface area contributed by atoms with Gasteiger partial charge in [-0.3, -0.25) is 0 Å². The second-order valence-corrected chi connectivity index (χ2v) is 6.65. The number of fused-ring (bicyclic) bond motifs is 1. The van der Waals surface area contributed by atoms with Crippen LogP contribution in [0.15, 0.2) is 78.9 Å². The first kappa shape index (κ1) is 15.9. The first-order chi connectivity index (χ1) is 12.2. The van der Waals surface area contributed by atoms with Crippen LogP contribution in [0.1, 0.15) is 29.9 Å². The number of rotatable bonds is 4. The van der Waals surface area contributed by atoms with Crippen molar-refractivity contribution in [3.05, 3.63) is 101 Å². The van der Waals surface area contributed by atoms with Gasteiger partial charge < -0.3 is 4.57 Å². The molecule has 0 spiro atoms. The average molecular weight is 347 g/mol. The van der Waals surface area contributed by atoms with E-state index in [1.54, 1.807) is 0 Å². The van der Waals surface area contributed by atoms with Gasteiger partial charge in [-0.25, -0.2) is 4.98 Å². The van der Waals surface area contributed by atoms with Gasteiger partial charge in [-0.1, -0.05) is 72.3 Å². The molecule has 0 bridgehead atoms. The fourth-order valence-electron chi connectivity index (χ4n) is 3.34. The fraction of sp³-hybridized carbons (Fsp3) is 0.136. The molecular formula is C22H19ClN2. The van der Waals surface area contributed by atoms with Gasteiger partial charge in [-0.15, -0.1) is 0 Å². The summed E-state index contributed by atoms with van der Waals surface area (Å²) in [5.74, 6) is 1.03. The molecule has 0 aliphatic heterocycles. The summed E-state index contributed by atoms with van der Waals surface area (Å²) in [7, 11) is 0. The normalized spacial score (nSPS) is 12.4. The van der Waals surface area contributed by atoms with Crippen LogP contribution in [0.3, 0.4) is 0 Å². The molecule has 3 heteroatoms. The van der Waals surface area contributed by atoms with E-state index in [0.717, 1.165) is 27.4 Å². The number of para-hydroxylation sites is 2. The molecule has 0 aliphatic carbocycles. The minimum atomic E-state index is 0.200. The van der Waals surface area contributed by atoms with Crippen molar-refractivity contribution in [1.82, 2.24) is 9.55 Å². The van der Waals surface area contributed by atoms with Crippen LogP contribution in [0.5, 0.6) is 0 Å². The minimum Gasteiger partial charge on any atom is -0.320 e. The molecule has 0 N–H and O–H groups in total. The van der Waals surface area contributed by atoms with Crippen molar-refractivity contribution in [2.45, 2.75) is 19.4 Å². The van der Waals surface area contributed by atoms with Gasteiger partial charge in [0.25, 0.3) is 0 Å². The molecule has 0 saturated carbocycles. The summed E-state index contributed by atoms with van der Waals surface area (Å²) in [6, 6.07) is 27.0. The van der Waals surface area contributed by atoms with Crippen molar-refractivity contribution >= 4 is 22.6 Å². The van der Waals surface area contributed by atoms with Crippen LogP contribution in [-0.4, -0.2) is 9.55 Å². The molecule has 0 amide bonds. The van der Waals surface area contributed by atoms with Crippen molar-refractivity contribution in [3.8, 4) is 0 Å². The molecule has 0 radical (unpaired) electrons. The van der Waals surface area contributed by atoms with Gasteiger partial charge in [0.1, 0.15) is 5.82 Å². The molecule has 0 saturated heterocycles. The van der Waals surface area contributed by atoms with Gasteiger partial charge >= 0.3 is 0 Å². The number of benzene rings is 3. The summed E-state index contributed by atoms with van der Waals surface area (Å²) in [6.45, 7) is 2.22. The van der Waals surface area contributed by atoms with Gasteiger partial charge in [0.15, 0.2) is 0 Å². The molecular weight excluding hydrogens is 328 g/mol. The lowest BCUT2D eigenvalue weighted by atomic mass is 10.1. The topological polar surface area (TPSA) is 17.8 Å². The van der Waals surface area contributed by atoms with Gasteiger partial charge in [0, 0.05) is 11.4 Å². The monoisotopic (exact) mass is 346 g/mol. The number of nitrogens with zero attached hydrogens (tertiary/aromatic N) is 2. The highest BCUT2D eigenvalue weighted by atomic mass is 35.5. The first-order valence-electron chi connectivity index (χ1n) is 8.48. The van der Waals surface area contributed by atoms with Crippen molar-refractivity contribution < 1.29 is 0 Å². The lowest BCUT2D eigenvalue weighted by Crippen LogP contribution is -2.11. The van der Waals surface area contributed by atoms with Gasteiger partial charge in [0.05, 0.1) is 17.1 Å². The molecule has 0 fully saturated rings. The molecule has 25 heavy (non-hydrogen) atoms. The Kier molecular flexibility index (Phi) is 4.29. The molecule has 4 rings (SSSR count). The maximum absolute atomic E-state index is 6.38. The zero-order valence-corrected chi connectivity index (χ0v) is 14.8. The maximum atomic E-state index is 6.38. The van der Waals surface area contributed by atoms with Crippen LogP contribution in [0.4, 0.5) is 0 Å². The van der Waals surface area contributed by atoms with Crippen LogP contribution in [-0.2, 0) is 6.42 Å². The molecule has 1 atom stereocenters. The quantitative estimate of drug-likeness (QED) is 0.450. The Balaban J connectivity index is 1.85. The highest BCUT2D eigenvalue weighted by Crippen LogP contribution is 2.28. The van der Waals surface area contributed by atoms with Crippen LogP contribution >= 0.6 is 11.6 Å². The summed E-state index contributed by atoms with van der Waals surface area (Å²) < 4.78 is 2.33. The fourth-order valence-corrected chi connectivity index (χ4v) is 3.55. The number of hydrogen-bond donors (Lipinski definition) is 0. The van der Waals surface area contributed by atoms with Crippen LogP contribution in [0, 0.1) is 0 Å². The highest BCUT2D eigenvalue weighted by molar-refractivity contribution is 6.31. The number of aromatic nitrogens is 2. The van der Waals surface area contributed by atoms with E-state index in [2.05, 4.69) is 60.0 Å². The predicted molar refractivity (Wildman–Crippen MR) is 104 cm³/mol. The van der Waals surface area contributed by atoms with Crippen molar-refractivity contribution in [1.29, 1.82) is 0 Å². The smallest absolute Gasteiger partial charge is 0.114 e. The third kappa shape index (κ3) is 3.06. The lowest BCUT2D eigenvalue weighted by molar-refractivity contribution is 0.627. The zero-order valence-electron chi connectivity index (χ0n) is 14.1. The molecule has 2 nitrogen and oxygen atoms in total. The summed E-state index contributed by atoms with van der Waals surface area (Å²) in [6.07, 6.45) is 0.714. The minimum absolute atomic E-state index is 0.200. The van der Waals surface area contributed by atoms with E-state index in [-0.39, 0.29) is 6.04 Å². The standard InChI is InChI=1S/C22H19ClN2/c1-16(17-9-3-2-4-10-17)25-21-14-8-7-13-20(21)24-22(25)15-18-11-5-6-12-19(18)23/h2-14,16H,15H2,1H3. The third-order valence-electron chi connectivity index (χ3n) is 4.64. The molecule has 1 unspecified atom stereocenters. The van der Waals surface area contributed by atoms with E-state index < -0.39 is 0 Å². The molecule has 1 heterocycles. The first-order valence-corrected chi connectivity index (χ1v) is 8.86. The Morgan fingerprint density at radius 3 is 2.36 bits per heavy atom. The van der Waals surface area contributed by atoms with Crippen molar-refractivity contribution in [2.24, 2.45) is 0 Å². The van der Waals surface area contributed by atoms with E-state index >= 15 is 0 Å². The number of hydrogen-bond acceptors (Lipinski definition) is 1. The Bertz CT molecular complexity index is 1000. The molecule has 124 valence electrons. The lowest BCUT2D eigenvalue weighted by Gasteiger charge is -2.18. The molecule has 0 aliphatic rings. The summed E-state index contributed by atoms with van der Waals surface area (Å²) in [5.41, 5.74) is 4.54. The Hall–Kier alpha value is -2.58. The number of imidazole rings is 1. The predicted octanol–water partition coefficient (Wildman–Crippen LogP) is 5.89. The van der Waals surface area contributed by atoms with E-state index in [1.165, 1.54) is 5.56 Å². The zero-order chi connectivity index (χ0) is 17.2. The van der Waals surface area contributed by atoms with Gasteiger partial charge in [-0.05, 0) is 36.2 Å². The summed E-state index contributed by atoms with van der Waals surface area (Å²) >= 11 is 6.38. The van der Waals surface area contributed by atoms with Crippen LogP contribution in [0.25, 0.3) is 11.0 Å². The molecule has 4 aromatic rings. The summed E-state index contributed by atoms with van der Waals surface area (Å²) in [4.78, 5) is 4.90. The summed E-state index contributed by atoms with van der Waals surface area (Å²) in [5, 5.41) is 0.786. The Morgan fingerprint density at radius 1 is 0.880 bits per heavy atom. The van der Waals surface area contributed by atoms with E-state index in [9.17, 15) is 0 Å². The SMILES string of the molecule is CC(c1ccccc1)n1c(Cc2ccccc2Cl)nc2ccccc21. The largest absolute Gasteiger partial charge is 0.320 e. The maximum Gasteiger partial charge on any atom is 0.114 e. The van der Waals surface area contributed by atoms with Crippen molar-refractivity contribution in [2.75, 3.05) is 0 Å². The molecule has 1 aromatic heterocycles. The van der Waals surface area contributed by atoms with Gasteiger partial charge in [-0.2, -0.15) is 0 Å². The van der Waals surface area contributed by atoms with Crippen molar-refractivity contribution in [3.63, 3.8) is 0 Å². The number of halogens is 1. The van der Waals surface area contributed by atoms with E-state index in [1.807, 2.05) is 30.3 Å². The second-order valence-electron chi connectivity index (χ2n) is 6.24. The van der Waals surface area contributed by atoms with Gasteiger partial charge in [0.2, 0.25) is 0 Å². The second kappa shape index (κ2) is 6.73. The average Bonchev–Trinajstić information content (AvgIpc) is 3.01. The highest BCUT2D eigenvalue weighted by Gasteiger charge is 2.17. The van der Waals surface area contributed by atoms with E-state index in [0.29, 0.717) is 6.42 Å². The van der Waals surface area contributed by atoms with E-state index in [4.69, 9.17) is 16.6 Å². The third-order valence-corrected chi connectivity index (χ3v) is 5.01. The van der Waals surface area contributed by atoms with Crippen LogP contribution < -0.4 is 0 Å². The Morgan fingerprint density at radius 2 is 1.56 bits per heavy atom.